The van der Waals surface area contributed by atoms with Crippen molar-refractivity contribution in [1.29, 1.82) is 0 Å². The van der Waals surface area contributed by atoms with E-state index in [0.717, 1.165) is 44.9 Å². The Labute approximate surface area is 200 Å². The molecule has 4 aliphatic carbocycles. The Morgan fingerprint density at radius 3 is 2.42 bits per heavy atom. The van der Waals surface area contributed by atoms with Crippen LogP contribution in [0.4, 0.5) is 0 Å². The minimum Gasteiger partial charge on any atom is -0.393 e. The Morgan fingerprint density at radius 2 is 1.79 bits per heavy atom. The van der Waals surface area contributed by atoms with Crippen molar-refractivity contribution in [2.45, 2.75) is 105 Å². The van der Waals surface area contributed by atoms with Crippen LogP contribution in [0, 0.1) is 52.3 Å². The molecule has 0 aromatic rings. The standard InChI is InChI=1S/C29H46O4/c1-7-20(16(2)3)27(33)26(32)17(4)21-8-9-22-25-23(11-13-29(21,22)6)28(5)12-10-19(30)14-18(28)15-24(25)31/h15-17,19-23,25,27,30,33H,7-14H2,1-6H3/t17-,19-,20-,21+,22-,23-,25-,27+,28-,29+/m0/s1. The van der Waals surface area contributed by atoms with E-state index in [1.807, 2.05) is 13.0 Å². The number of aliphatic hydroxyl groups is 2. The van der Waals surface area contributed by atoms with E-state index in [4.69, 9.17) is 0 Å². The third kappa shape index (κ3) is 3.88. The van der Waals surface area contributed by atoms with Gasteiger partial charge in [0.05, 0.1) is 6.10 Å². The van der Waals surface area contributed by atoms with E-state index in [9.17, 15) is 19.8 Å². The molecular formula is C29H46O4. The molecular weight excluding hydrogens is 412 g/mol. The van der Waals surface area contributed by atoms with Gasteiger partial charge < -0.3 is 10.2 Å². The lowest BCUT2D eigenvalue weighted by Gasteiger charge is -2.57. The molecule has 0 amide bonds. The number of hydrogen-bond donors (Lipinski definition) is 2. The van der Waals surface area contributed by atoms with Gasteiger partial charge in [-0.3, -0.25) is 9.59 Å². The predicted molar refractivity (Wildman–Crippen MR) is 130 cm³/mol. The third-order valence-electron chi connectivity index (χ3n) is 11.1. The van der Waals surface area contributed by atoms with Crippen LogP contribution in [-0.2, 0) is 9.59 Å². The van der Waals surface area contributed by atoms with Gasteiger partial charge in [-0.25, -0.2) is 0 Å². The molecule has 4 rings (SSSR count). The molecule has 186 valence electrons. The lowest BCUT2D eigenvalue weighted by molar-refractivity contribution is -0.141. The second kappa shape index (κ2) is 8.90. The van der Waals surface area contributed by atoms with Crippen LogP contribution in [0.5, 0.6) is 0 Å². The van der Waals surface area contributed by atoms with Crippen LogP contribution in [0.3, 0.4) is 0 Å². The molecule has 0 bridgehead atoms. The van der Waals surface area contributed by atoms with E-state index in [-0.39, 0.29) is 58.1 Å². The second-order valence-corrected chi connectivity index (χ2v) is 12.8. The normalized spacial score (nSPS) is 43.2. The highest BCUT2D eigenvalue weighted by atomic mass is 16.3. The van der Waals surface area contributed by atoms with Gasteiger partial charge in [0.15, 0.2) is 11.6 Å². The van der Waals surface area contributed by atoms with Crippen molar-refractivity contribution >= 4 is 11.6 Å². The molecule has 33 heavy (non-hydrogen) atoms. The molecule has 10 atom stereocenters. The quantitative estimate of drug-likeness (QED) is 0.562. The van der Waals surface area contributed by atoms with Gasteiger partial charge in [-0.15, -0.1) is 0 Å². The van der Waals surface area contributed by atoms with Crippen LogP contribution in [-0.4, -0.2) is 34.0 Å². The number of hydrogen-bond acceptors (Lipinski definition) is 4. The largest absolute Gasteiger partial charge is 0.393 e. The maximum Gasteiger partial charge on any atom is 0.164 e. The summed E-state index contributed by atoms with van der Waals surface area (Å²) in [6.07, 6.45) is 8.00. The average Bonchev–Trinajstić information content (AvgIpc) is 3.11. The van der Waals surface area contributed by atoms with Crippen LogP contribution in [0.15, 0.2) is 11.6 Å². The summed E-state index contributed by atoms with van der Waals surface area (Å²) in [5.41, 5.74) is 1.18. The van der Waals surface area contributed by atoms with Crippen molar-refractivity contribution in [3.8, 4) is 0 Å². The molecule has 0 unspecified atom stereocenters. The fourth-order valence-corrected chi connectivity index (χ4v) is 8.98. The van der Waals surface area contributed by atoms with Gasteiger partial charge in [-0.2, -0.15) is 0 Å². The van der Waals surface area contributed by atoms with E-state index in [2.05, 4.69) is 34.6 Å². The molecule has 4 heteroatoms. The van der Waals surface area contributed by atoms with Gasteiger partial charge in [0.1, 0.15) is 6.10 Å². The zero-order valence-corrected chi connectivity index (χ0v) is 21.6. The number of ketones is 2. The lowest BCUT2D eigenvalue weighted by Crippen LogP contribution is -2.54. The molecule has 3 saturated carbocycles. The van der Waals surface area contributed by atoms with Crippen molar-refractivity contribution in [2.24, 2.45) is 52.3 Å². The summed E-state index contributed by atoms with van der Waals surface area (Å²) in [7, 11) is 0. The van der Waals surface area contributed by atoms with Crippen LogP contribution in [0.2, 0.25) is 0 Å². The van der Waals surface area contributed by atoms with Gasteiger partial charge in [0, 0.05) is 11.8 Å². The fourth-order valence-electron chi connectivity index (χ4n) is 8.98. The molecule has 0 radical (unpaired) electrons. The first-order valence-corrected chi connectivity index (χ1v) is 13.6. The zero-order valence-electron chi connectivity index (χ0n) is 21.6. The molecule has 0 aromatic carbocycles. The van der Waals surface area contributed by atoms with Crippen molar-refractivity contribution in [1.82, 2.24) is 0 Å². The van der Waals surface area contributed by atoms with Crippen molar-refractivity contribution < 1.29 is 19.8 Å². The van der Waals surface area contributed by atoms with Crippen molar-refractivity contribution in [3.05, 3.63) is 11.6 Å². The van der Waals surface area contributed by atoms with Crippen molar-refractivity contribution in [3.63, 3.8) is 0 Å². The Hall–Kier alpha value is -1.00. The first kappa shape index (κ1) is 25.1. The van der Waals surface area contributed by atoms with Gasteiger partial charge in [-0.05, 0) is 91.4 Å². The zero-order chi connectivity index (χ0) is 24.3. The predicted octanol–water partition coefficient (Wildman–Crippen LogP) is 5.35. The molecule has 0 heterocycles. The smallest absolute Gasteiger partial charge is 0.164 e. The highest BCUT2D eigenvalue weighted by Crippen LogP contribution is 2.66. The Kier molecular flexibility index (Phi) is 6.77. The SMILES string of the molecule is CC[C@@H](C(C)C)[C@@H](O)C(=O)[C@@H](C)[C@H]1CC[C@H]2[C@@H]3C(=O)C=C4C[C@@H](O)CC[C@]4(C)[C@H]3CC[C@]12C. The van der Waals surface area contributed by atoms with E-state index < -0.39 is 6.10 Å². The lowest BCUT2D eigenvalue weighted by atomic mass is 9.46. The minimum absolute atomic E-state index is 0.00535. The average molecular weight is 459 g/mol. The number of carbonyl (C=O) groups excluding carboxylic acids is 2. The number of aliphatic hydroxyl groups excluding tert-OH is 2. The number of carbonyl (C=O) groups is 2. The Bertz CT molecular complexity index is 814. The van der Waals surface area contributed by atoms with E-state index in [0.29, 0.717) is 18.3 Å². The first-order chi connectivity index (χ1) is 15.5. The summed E-state index contributed by atoms with van der Waals surface area (Å²) >= 11 is 0. The topological polar surface area (TPSA) is 74.6 Å². The highest BCUT2D eigenvalue weighted by Gasteiger charge is 2.62. The highest BCUT2D eigenvalue weighted by molar-refractivity contribution is 5.94. The molecule has 4 aliphatic rings. The number of fused-ring (bicyclic) bond motifs is 5. The van der Waals surface area contributed by atoms with E-state index in [1.165, 1.54) is 5.57 Å². The van der Waals surface area contributed by atoms with Crippen molar-refractivity contribution in [2.75, 3.05) is 0 Å². The fraction of sp³-hybridized carbons (Fsp3) is 0.862. The summed E-state index contributed by atoms with van der Waals surface area (Å²) in [4.78, 5) is 26.9. The van der Waals surface area contributed by atoms with Crippen LogP contribution >= 0.6 is 0 Å². The van der Waals surface area contributed by atoms with E-state index in [1.54, 1.807) is 0 Å². The van der Waals surface area contributed by atoms with Crippen LogP contribution in [0.25, 0.3) is 0 Å². The first-order valence-electron chi connectivity index (χ1n) is 13.6. The van der Waals surface area contributed by atoms with E-state index >= 15 is 0 Å². The molecule has 3 fully saturated rings. The maximum atomic E-state index is 13.5. The summed E-state index contributed by atoms with van der Waals surface area (Å²) in [6, 6.07) is 0. The molecule has 2 N–H and O–H groups in total. The molecule has 0 aliphatic heterocycles. The summed E-state index contributed by atoms with van der Waals surface area (Å²) in [6.45, 7) is 12.9. The Balaban J connectivity index is 1.58. The molecule has 0 saturated heterocycles. The summed E-state index contributed by atoms with van der Waals surface area (Å²) in [5.74, 6) is 1.33. The van der Waals surface area contributed by atoms with Crippen LogP contribution in [0.1, 0.15) is 92.9 Å². The van der Waals surface area contributed by atoms with Crippen LogP contribution < -0.4 is 0 Å². The molecule has 0 spiro atoms. The van der Waals surface area contributed by atoms with Gasteiger partial charge in [-0.1, -0.05) is 53.5 Å². The summed E-state index contributed by atoms with van der Waals surface area (Å²) in [5, 5.41) is 21.2. The maximum absolute atomic E-state index is 13.5. The second-order valence-electron chi connectivity index (χ2n) is 12.8. The van der Waals surface area contributed by atoms with Gasteiger partial charge in [0.2, 0.25) is 0 Å². The number of allylic oxidation sites excluding steroid dienone is 1. The monoisotopic (exact) mass is 458 g/mol. The van der Waals surface area contributed by atoms with Gasteiger partial charge >= 0.3 is 0 Å². The molecule has 4 nitrogen and oxygen atoms in total. The van der Waals surface area contributed by atoms with Gasteiger partial charge in [0.25, 0.3) is 0 Å². The number of Topliss-reactive ketones (excluding diaryl/α,β-unsaturated/α-hetero) is 1. The third-order valence-corrected chi connectivity index (χ3v) is 11.1. The Morgan fingerprint density at radius 1 is 1.09 bits per heavy atom. The number of rotatable bonds is 6. The minimum atomic E-state index is -0.890. The summed E-state index contributed by atoms with van der Waals surface area (Å²) < 4.78 is 0. The molecule has 0 aromatic heterocycles.